The van der Waals surface area contributed by atoms with Crippen molar-refractivity contribution >= 4 is 0 Å². The highest BCUT2D eigenvalue weighted by Crippen LogP contribution is 2.37. The van der Waals surface area contributed by atoms with Crippen LogP contribution in [0, 0.1) is 5.41 Å². The summed E-state index contributed by atoms with van der Waals surface area (Å²) in [6.45, 7) is 12.8. The summed E-state index contributed by atoms with van der Waals surface area (Å²) in [5.74, 6) is 0. The van der Waals surface area contributed by atoms with Crippen LogP contribution in [0.5, 0.6) is 0 Å². The maximum absolute atomic E-state index is 3.65. The van der Waals surface area contributed by atoms with Crippen LogP contribution in [0.4, 0.5) is 0 Å². The molecule has 3 nitrogen and oxygen atoms in total. The van der Waals surface area contributed by atoms with Crippen molar-refractivity contribution in [2.45, 2.75) is 71.4 Å². The summed E-state index contributed by atoms with van der Waals surface area (Å²) in [7, 11) is 6.81. The molecule has 0 aromatic heterocycles. The largest absolute Gasteiger partial charge is 0.314 e. The van der Waals surface area contributed by atoms with E-state index in [2.05, 4.69) is 64.0 Å². The molecule has 3 heteroatoms. The first-order valence-corrected chi connectivity index (χ1v) is 8.82. The van der Waals surface area contributed by atoms with Crippen molar-refractivity contribution in [1.29, 1.82) is 0 Å². The molecule has 0 heterocycles. The molecular weight excluding hydrogens is 258 g/mol. The molecule has 1 aliphatic carbocycles. The predicted molar refractivity (Wildman–Crippen MR) is 93.9 cm³/mol. The molecule has 21 heavy (non-hydrogen) atoms. The van der Waals surface area contributed by atoms with E-state index < -0.39 is 0 Å². The Morgan fingerprint density at radius 2 is 1.81 bits per heavy atom. The van der Waals surface area contributed by atoms with Gasteiger partial charge in [0.15, 0.2) is 0 Å². The van der Waals surface area contributed by atoms with Gasteiger partial charge in [0, 0.05) is 31.2 Å². The maximum Gasteiger partial charge on any atom is 0.0330 e. The smallest absolute Gasteiger partial charge is 0.0330 e. The summed E-state index contributed by atoms with van der Waals surface area (Å²) >= 11 is 0. The Kier molecular flexibility index (Phi) is 7.15. The molecule has 1 aliphatic rings. The van der Waals surface area contributed by atoms with Crippen LogP contribution in [0.2, 0.25) is 0 Å². The number of hydrogen-bond acceptors (Lipinski definition) is 3. The third-order valence-electron chi connectivity index (χ3n) is 5.24. The average molecular weight is 298 g/mol. The number of likely N-dealkylation sites (N-methyl/N-ethyl adjacent to an activating group) is 2. The summed E-state index contributed by atoms with van der Waals surface area (Å²) in [6, 6.07) is 0.575. The fourth-order valence-corrected chi connectivity index (χ4v) is 3.82. The fraction of sp³-hybridized carbons (Fsp3) is 1.00. The number of rotatable bonds is 10. The van der Waals surface area contributed by atoms with Crippen molar-refractivity contribution in [2.24, 2.45) is 5.41 Å². The summed E-state index contributed by atoms with van der Waals surface area (Å²) in [6.07, 6.45) is 6.68. The monoisotopic (exact) mass is 297 g/mol. The van der Waals surface area contributed by atoms with Gasteiger partial charge in [-0.3, -0.25) is 0 Å². The predicted octanol–water partition coefficient (Wildman–Crippen LogP) is 3.21. The van der Waals surface area contributed by atoms with Gasteiger partial charge in [0.25, 0.3) is 0 Å². The minimum atomic E-state index is 0.380. The molecule has 0 bridgehead atoms. The Morgan fingerprint density at radius 3 is 2.19 bits per heavy atom. The van der Waals surface area contributed by atoms with Crippen LogP contribution < -0.4 is 5.32 Å². The van der Waals surface area contributed by atoms with Crippen molar-refractivity contribution in [1.82, 2.24) is 15.1 Å². The average Bonchev–Trinajstić information content (AvgIpc) is 2.31. The third-order valence-corrected chi connectivity index (χ3v) is 5.24. The van der Waals surface area contributed by atoms with E-state index in [0.29, 0.717) is 17.0 Å². The Morgan fingerprint density at radius 1 is 1.19 bits per heavy atom. The van der Waals surface area contributed by atoms with Crippen LogP contribution in [0.3, 0.4) is 0 Å². The van der Waals surface area contributed by atoms with E-state index in [1.54, 1.807) is 0 Å². The molecule has 1 unspecified atom stereocenters. The second-order valence-corrected chi connectivity index (χ2v) is 8.24. The minimum Gasteiger partial charge on any atom is -0.314 e. The van der Waals surface area contributed by atoms with Crippen molar-refractivity contribution in [3.8, 4) is 0 Å². The molecule has 0 spiro atoms. The van der Waals surface area contributed by atoms with Gasteiger partial charge in [-0.05, 0) is 52.2 Å². The zero-order valence-corrected chi connectivity index (χ0v) is 15.6. The molecule has 1 rings (SSSR count). The van der Waals surface area contributed by atoms with Gasteiger partial charge in [0.2, 0.25) is 0 Å². The molecular formula is C18H39N3. The molecule has 1 atom stereocenters. The number of hydrogen-bond donors (Lipinski definition) is 1. The van der Waals surface area contributed by atoms with Gasteiger partial charge in [-0.25, -0.2) is 0 Å². The second kappa shape index (κ2) is 7.94. The van der Waals surface area contributed by atoms with E-state index in [-0.39, 0.29) is 0 Å². The van der Waals surface area contributed by atoms with Crippen LogP contribution >= 0.6 is 0 Å². The topological polar surface area (TPSA) is 18.5 Å². The zero-order chi connectivity index (χ0) is 16.1. The summed E-state index contributed by atoms with van der Waals surface area (Å²) < 4.78 is 0. The molecule has 0 aliphatic heterocycles. The van der Waals surface area contributed by atoms with Crippen LogP contribution in [0.1, 0.15) is 59.8 Å². The van der Waals surface area contributed by atoms with Gasteiger partial charge in [0.1, 0.15) is 0 Å². The Balaban J connectivity index is 2.57. The third kappa shape index (κ3) is 5.54. The van der Waals surface area contributed by atoms with Crippen molar-refractivity contribution in [3.05, 3.63) is 0 Å². The maximum atomic E-state index is 3.65. The first-order valence-electron chi connectivity index (χ1n) is 8.82. The van der Waals surface area contributed by atoms with Crippen LogP contribution in [0.25, 0.3) is 0 Å². The standard InChI is InChI=1S/C18H39N3/c1-8-10-17(4,13-19-16(2)3)14-21(7)15-18(20(5)6)11-9-12-18/h16,19H,8-15H2,1-7H3. The SMILES string of the molecule is CCCC(C)(CNC(C)C)CN(C)CC1(N(C)C)CCC1. The van der Waals surface area contributed by atoms with E-state index >= 15 is 0 Å². The first kappa shape index (κ1) is 18.9. The van der Waals surface area contributed by atoms with Crippen molar-refractivity contribution < 1.29 is 0 Å². The summed E-state index contributed by atoms with van der Waals surface area (Å²) in [5.41, 5.74) is 0.818. The van der Waals surface area contributed by atoms with Gasteiger partial charge >= 0.3 is 0 Å². The van der Waals surface area contributed by atoms with Gasteiger partial charge < -0.3 is 15.1 Å². The van der Waals surface area contributed by atoms with Crippen LogP contribution in [0.15, 0.2) is 0 Å². The lowest BCUT2D eigenvalue weighted by atomic mass is 9.75. The van der Waals surface area contributed by atoms with E-state index in [0.717, 1.165) is 6.54 Å². The normalized spacial score (nSPS) is 20.9. The molecule has 1 N–H and O–H groups in total. The van der Waals surface area contributed by atoms with Gasteiger partial charge in [-0.1, -0.05) is 34.1 Å². The minimum absolute atomic E-state index is 0.380. The number of nitrogens with one attached hydrogen (secondary N) is 1. The Hall–Kier alpha value is -0.120. The van der Waals surface area contributed by atoms with Crippen molar-refractivity contribution in [3.63, 3.8) is 0 Å². The molecule has 0 radical (unpaired) electrons. The van der Waals surface area contributed by atoms with Gasteiger partial charge in [0.05, 0.1) is 0 Å². The highest BCUT2D eigenvalue weighted by atomic mass is 15.2. The second-order valence-electron chi connectivity index (χ2n) is 8.24. The molecule has 126 valence electrons. The quantitative estimate of drug-likeness (QED) is 0.668. The number of nitrogens with zero attached hydrogens (tertiary/aromatic N) is 2. The van der Waals surface area contributed by atoms with E-state index in [1.165, 1.54) is 45.2 Å². The molecule has 0 aromatic carbocycles. The molecule has 1 saturated carbocycles. The zero-order valence-electron chi connectivity index (χ0n) is 15.6. The highest BCUT2D eigenvalue weighted by Gasteiger charge is 2.40. The van der Waals surface area contributed by atoms with Gasteiger partial charge in [-0.2, -0.15) is 0 Å². The fourth-order valence-electron chi connectivity index (χ4n) is 3.82. The van der Waals surface area contributed by atoms with Crippen LogP contribution in [-0.4, -0.2) is 62.2 Å². The Bertz CT molecular complexity index is 297. The first-order chi connectivity index (χ1) is 9.73. The van der Waals surface area contributed by atoms with E-state index in [9.17, 15) is 0 Å². The molecule has 0 saturated heterocycles. The Labute approximate surface area is 133 Å². The van der Waals surface area contributed by atoms with Crippen LogP contribution in [-0.2, 0) is 0 Å². The van der Waals surface area contributed by atoms with E-state index in [1.807, 2.05) is 0 Å². The summed E-state index contributed by atoms with van der Waals surface area (Å²) in [4.78, 5) is 5.04. The summed E-state index contributed by atoms with van der Waals surface area (Å²) in [5, 5.41) is 3.65. The van der Waals surface area contributed by atoms with E-state index in [4.69, 9.17) is 0 Å². The molecule has 0 aromatic rings. The lowest BCUT2D eigenvalue weighted by Gasteiger charge is -2.50. The van der Waals surface area contributed by atoms with Crippen molar-refractivity contribution in [2.75, 3.05) is 40.8 Å². The lowest BCUT2D eigenvalue weighted by Crippen LogP contribution is -2.58. The molecule has 0 amide bonds. The highest BCUT2D eigenvalue weighted by molar-refractivity contribution is 4.98. The molecule has 1 fully saturated rings. The van der Waals surface area contributed by atoms with Gasteiger partial charge in [-0.15, -0.1) is 0 Å². The lowest BCUT2D eigenvalue weighted by molar-refractivity contribution is 0.0161.